The average molecular weight is 470 g/mol. The zero-order chi connectivity index (χ0) is 25.4. The number of pyridine rings is 1. The van der Waals surface area contributed by atoms with E-state index in [9.17, 15) is 4.79 Å². The molecule has 0 aliphatic carbocycles. The number of anilines is 1. The monoisotopic (exact) mass is 469 g/mol. The normalized spacial score (nSPS) is 12.1. The molecule has 182 valence electrons. The third kappa shape index (κ3) is 5.91. The van der Waals surface area contributed by atoms with Gasteiger partial charge in [0.15, 0.2) is 0 Å². The smallest absolute Gasteiger partial charge is 0.343 e. The zero-order valence-electron chi connectivity index (χ0n) is 21.8. The van der Waals surface area contributed by atoms with Crippen LogP contribution in [0.4, 0.5) is 5.82 Å². The Morgan fingerprint density at radius 1 is 0.943 bits per heavy atom. The summed E-state index contributed by atoms with van der Waals surface area (Å²) in [5.41, 5.74) is 5.35. The fourth-order valence-corrected chi connectivity index (χ4v) is 4.72. The summed E-state index contributed by atoms with van der Waals surface area (Å²) in [4.78, 5) is 17.7. The molecule has 4 rings (SSSR count). The predicted octanol–water partition coefficient (Wildman–Crippen LogP) is 7.46. The third-order valence-electron chi connectivity index (χ3n) is 5.82. The summed E-state index contributed by atoms with van der Waals surface area (Å²) in [5.74, 6) is 1.04. The topological polar surface area (TPSA) is 55.6 Å². The van der Waals surface area contributed by atoms with Gasteiger partial charge in [-0.25, -0.2) is 9.78 Å². The number of fused-ring (bicyclic) bond motifs is 1. The van der Waals surface area contributed by atoms with E-state index in [1.807, 2.05) is 37.3 Å². The number of esters is 1. The molecule has 5 nitrogen and oxygen atoms in total. The van der Waals surface area contributed by atoms with E-state index in [1.165, 1.54) is 0 Å². The van der Waals surface area contributed by atoms with Crippen LogP contribution in [0.1, 0.15) is 62.5 Å². The quantitative estimate of drug-likeness (QED) is 0.235. The first-order chi connectivity index (χ1) is 16.4. The van der Waals surface area contributed by atoms with Crippen LogP contribution in [0.5, 0.6) is 5.75 Å². The summed E-state index contributed by atoms with van der Waals surface area (Å²) in [6.07, 6.45) is 3.03. The summed E-state index contributed by atoms with van der Waals surface area (Å²) in [6.45, 7) is 15.2. The number of hydrogen-bond acceptors (Lipinski definition) is 4. The number of ether oxygens (including phenoxy) is 1. The maximum absolute atomic E-state index is 12.7. The second kappa shape index (κ2) is 9.21. The Kier molecular flexibility index (Phi) is 6.46. The van der Waals surface area contributed by atoms with Gasteiger partial charge in [0.1, 0.15) is 22.9 Å². The van der Waals surface area contributed by atoms with E-state index in [-0.39, 0.29) is 16.9 Å². The Morgan fingerprint density at radius 3 is 2.34 bits per heavy atom. The molecule has 1 N–H and O–H groups in total. The molecule has 2 heterocycles. The van der Waals surface area contributed by atoms with E-state index in [1.54, 1.807) is 18.2 Å². The number of carbonyl (C=O) groups excluding carboxylic acids is 1. The van der Waals surface area contributed by atoms with Crippen molar-refractivity contribution in [3.63, 3.8) is 0 Å². The number of nitrogens with zero attached hydrogens (tertiary/aromatic N) is 2. The van der Waals surface area contributed by atoms with Crippen LogP contribution in [0, 0.1) is 19.3 Å². The number of hydrogen-bond donors (Lipinski definition) is 1. The van der Waals surface area contributed by atoms with Crippen molar-refractivity contribution in [1.82, 2.24) is 9.38 Å². The van der Waals surface area contributed by atoms with Crippen molar-refractivity contribution in [1.29, 1.82) is 0 Å². The fourth-order valence-electron chi connectivity index (χ4n) is 4.72. The predicted molar refractivity (Wildman–Crippen MR) is 143 cm³/mol. The number of aryl methyl sites for hydroxylation is 2. The summed E-state index contributed by atoms with van der Waals surface area (Å²) < 4.78 is 7.80. The van der Waals surface area contributed by atoms with Crippen molar-refractivity contribution < 1.29 is 9.53 Å². The highest BCUT2D eigenvalue weighted by Gasteiger charge is 2.28. The minimum Gasteiger partial charge on any atom is -0.423 e. The largest absolute Gasteiger partial charge is 0.423 e. The van der Waals surface area contributed by atoms with Crippen LogP contribution < -0.4 is 10.1 Å². The summed E-state index contributed by atoms with van der Waals surface area (Å²) in [6, 6.07) is 19.1. The van der Waals surface area contributed by atoms with Gasteiger partial charge >= 0.3 is 5.97 Å². The van der Waals surface area contributed by atoms with Gasteiger partial charge < -0.3 is 10.1 Å². The molecule has 2 aromatic carbocycles. The second-order valence-electron chi connectivity index (χ2n) is 11.3. The Labute approximate surface area is 208 Å². The van der Waals surface area contributed by atoms with E-state index >= 15 is 0 Å². The summed E-state index contributed by atoms with van der Waals surface area (Å²) >= 11 is 0. The molecule has 2 aromatic heterocycles. The fraction of sp³-hybridized carbons (Fsp3) is 0.333. The Morgan fingerprint density at radius 2 is 1.66 bits per heavy atom. The highest BCUT2D eigenvalue weighted by molar-refractivity contribution is 5.91. The van der Waals surface area contributed by atoms with Crippen molar-refractivity contribution in [2.75, 3.05) is 5.32 Å². The first-order valence-corrected chi connectivity index (χ1v) is 12.1. The van der Waals surface area contributed by atoms with Gasteiger partial charge in [-0.05, 0) is 81.5 Å². The number of carbonyl (C=O) groups is 1. The van der Waals surface area contributed by atoms with Crippen molar-refractivity contribution >= 4 is 17.4 Å². The molecule has 0 aliphatic heterocycles. The van der Waals surface area contributed by atoms with Gasteiger partial charge in [-0.15, -0.1) is 0 Å². The van der Waals surface area contributed by atoms with Crippen molar-refractivity contribution in [3.05, 3.63) is 83.6 Å². The molecule has 0 unspecified atom stereocenters. The molecular formula is C30H35N3O2. The number of imidazole rings is 1. The molecule has 0 amide bonds. The molecule has 4 aromatic rings. The number of aromatic nitrogens is 2. The van der Waals surface area contributed by atoms with E-state index in [2.05, 4.69) is 69.6 Å². The molecule has 0 saturated heterocycles. The standard InChI is InChI=1S/C30H35N3O2/c1-20-11-13-22(14-12-20)28(34)35-24-10-8-9-23(18-24)26-27(32-30(6,7)19-29(3,4)5)33-16-15-21(2)17-25(33)31-26/h8-18,32H,19H2,1-7H3. The first kappa shape index (κ1) is 24.5. The van der Waals surface area contributed by atoms with Gasteiger partial charge in [0.2, 0.25) is 0 Å². The van der Waals surface area contributed by atoms with Crippen LogP contribution in [0.25, 0.3) is 16.9 Å². The van der Waals surface area contributed by atoms with Crippen LogP contribution in [-0.4, -0.2) is 20.9 Å². The highest BCUT2D eigenvalue weighted by Crippen LogP contribution is 2.36. The highest BCUT2D eigenvalue weighted by atomic mass is 16.5. The van der Waals surface area contributed by atoms with Crippen LogP contribution in [0.2, 0.25) is 0 Å². The maximum atomic E-state index is 12.7. The van der Waals surface area contributed by atoms with E-state index < -0.39 is 0 Å². The summed E-state index contributed by atoms with van der Waals surface area (Å²) in [5, 5.41) is 3.77. The molecule has 0 atom stereocenters. The lowest BCUT2D eigenvalue weighted by molar-refractivity contribution is 0.0735. The van der Waals surface area contributed by atoms with Gasteiger partial charge in [0.25, 0.3) is 0 Å². The van der Waals surface area contributed by atoms with Gasteiger partial charge in [0, 0.05) is 17.3 Å². The van der Waals surface area contributed by atoms with E-state index in [0.717, 1.165) is 40.3 Å². The summed E-state index contributed by atoms with van der Waals surface area (Å²) in [7, 11) is 0. The molecule has 0 radical (unpaired) electrons. The zero-order valence-corrected chi connectivity index (χ0v) is 21.8. The Balaban J connectivity index is 1.72. The van der Waals surface area contributed by atoms with Crippen molar-refractivity contribution in [2.45, 2.75) is 60.4 Å². The lowest BCUT2D eigenvalue weighted by Crippen LogP contribution is -2.36. The molecule has 0 spiro atoms. The molecule has 0 fully saturated rings. The molecule has 35 heavy (non-hydrogen) atoms. The van der Waals surface area contributed by atoms with Gasteiger partial charge in [-0.1, -0.05) is 50.6 Å². The van der Waals surface area contributed by atoms with Crippen LogP contribution >= 0.6 is 0 Å². The Bertz CT molecular complexity index is 1360. The number of rotatable bonds is 6. The lowest BCUT2D eigenvalue weighted by Gasteiger charge is -2.34. The second-order valence-corrected chi connectivity index (χ2v) is 11.3. The minimum atomic E-state index is -0.377. The number of nitrogens with one attached hydrogen (secondary N) is 1. The van der Waals surface area contributed by atoms with Crippen LogP contribution in [-0.2, 0) is 0 Å². The molecular weight excluding hydrogens is 434 g/mol. The van der Waals surface area contributed by atoms with Gasteiger partial charge in [0.05, 0.1) is 5.56 Å². The molecule has 0 aliphatic rings. The first-order valence-electron chi connectivity index (χ1n) is 12.1. The number of benzene rings is 2. The third-order valence-corrected chi connectivity index (χ3v) is 5.82. The molecule has 5 heteroatoms. The van der Waals surface area contributed by atoms with Crippen LogP contribution in [0.15, 0.2) is 66.9 Å². The van der Waals surface area contributed by atoms with E-state index in [0.29, 0.717) is 11.3 Å². The van der Waals surface area contributed by atoms with E-state index in [4.69, 9.17) is 9.72 Å². The molecule has 0 bridgehead atoms. The van der Waals surface area contributed by atoms with Crippen LogP contribution in [0.3, 0.4) is 0 Å². The van der Waals surface area contributed by atoms with Gasteiger partial charge in [-0.2, -0.15) is 0 Å². The minimum absolute atomic E-state index is 0.163. The molecule has 0 saturated carbocycles. The van der Waals surface area contributed by atoms with Gasteiger partial charge in [-0.3, -0.25) is 4.40 Å². The van der Waals surface area contributed by atoms with Crippen molar-refractivity contribution in [2.24, 2.45) is 5.41 Å². The maximum Gasteiger partial charge on any atom is 0.343 e. The van der Waals surface area contributed by atoms with Crippen molar-refractivity contribution in [3.8, 4) is 17.0 Å². The SMILES string of the molecule is Cc1ccc(C(=O)Oc2cccc(-c3nc4cc(C)ccn4c3NC(C)(C)CC(C)(C)C)c2)cc1. The Hall–Kier alpha value is -3.60. The lowest BCUT2D eigenvalue weighted by atomic mass is 9.82. The average Bonchev–Trinajstić information content (AvgIpc) is 3.09.